The molecule has 15 heavy (non-hydrogen) atoms. The van der Waals surface area contributed by atoms with Crippen LogP contribution in [0.1, 0.15) is 12.5 Å². The molecule has 0 aliphatic carbocycles. The zero-order chi connectivity index (χ0) is 11.4. The fourth-order valence-electron chi connectivity index (χ4n) is 1.44. The molecule has 0 spiro atoms. The van der Waals surface area contributed by atoms with Crippen LogP contribution in [0.25, 0.3) is 0 Å². The van der Waals surface area contributed by atoms with Crippen molar-refractivity contribution in [3.8, 4) is 5.75 Å². The van der Waals surface area contributed by atoms with E-state index >= 15 is 0 Å². The third-order valence-electron chi connectivity index (χ3n) is 2.25. The number of anilines is 1. The molecule has 0 aromatic heterocycles. The first-order chi connectivity index (χ1) is 7.13. The van der Waals surface area contributed by atoms with Crippen molar-refractivity contribution in [1.29, 1.82) is 0 Å². The predicted molar refractivity (Wildman–Crippen MR) is 58.6 cm³/mol. The Morgan fingerprint density at radius 1 is 1.53 bits per heavy atom. The maximum atomic E-state index is 10.7. The molecule has 1 rings (SSSR count). The summed E-state index contributed by atoms with van der Waals surface area (Å²) in [6.07, 6.45) is 0.796. The Balaban J connectivity index is 3.34. The Bertz CT molecular complexity index is 377. The number of aryl methyl sites for hydroxylation is 1. The van der Waals surface area contributed by atoms with Crippen LogP contribution in [0.15, 0.2) is 12.1 Å². The van der Waals surface area contributed by atoms with Crippen LogP contribution >= 0.6 is 0 Å². The van der Waals surface area contributed by atoms with Crippen LogP contribution in [-0.2, 0) is 6.42 Å². The highest BCUT2D eigenvalue weighted by atomic mass is 16.6. The summed E-state index contributed by atoms with van der Waals surface area (Å²) in [5, 5.41) is 13.7. The maximum Gasteiger partial charge on any atom is 0.312 e. The molecule has 0 saturated carbocycles. The van der Waals surface area contributed by atoms with Gasteiger partial charge in [0.2, 0.25) is 0 Å². The van der Waals surface area contributed by atoms with Crippen molar-refractivity contribution in [3.05, 3.63) is 27.8 Å². The molecular formula is C10H14N2O3. The molecule has 5 heteroatoms. The first-order valence-corrected chi connectivity index (χ1v) is 4.67. The Kier molecular flexibility index (Phi) is 3.49. The number of benzene rings is 1. The van der Waals surface area contributed by atoms with Crippen molar-refractivity contribution in [2.24, 2.45) is 0 Å². The molecular weight excluding hydrogens is 196 g/mol. The second kappa shape index (κ2) is 4.63. The van der Waals surface area contributed by atoms with Gasteiger partial charge in [0.05, 0.1) is 12.0 Å². The molecule has 0 radical (unpaired) electrons. The topological polar surface area (TPSA) is 64.4 Å². The summed E-state index contributed by atoms with van der Waals surface area (Å²) < 4.78 is 4.98. The highest BCUT2D eigenvalue weighted by Gasteiger charge is 2.17. The Morgan fingerprint density at radius 2 is 2.20 bits per heavy atom. The first kappa shape index (κ1) is 11.3. The number of nitrogens with one attached hydrogen (secondary N) is 1. The lowest BCUT2D eigenvalue weighted by Crippen LogP contribution is -2.00. The summed E-state index contributed by atoms with van der Waals surface area (Å²) in [6, 6.07) is 3.20. The summed E-state index contributed by atoms with van der Waals surface area (Å²) in [5.74, 6) is 0.302. The average Bonchev–Trinajstić information content (AvgIpc) is 2.26. The van der Waals surface area contributed by atoms with Gasteiger partial charge in [0.15, 0.2) is 5.75 Å². The largest absolute Gasteiger partial charge is 0.490 e. The van der Waals surface area contributed by atoms with Gasteiger partial charge in [-0.15, -0.1) is 0 Å². The van der Waals surface area contributed by atoms with Crippen LogP contribution in [0.2, 0.25) is 0 Å². The van der Waals surface area contributed by atoms with Crippen LogP contribution in [0.4, 0.5) is 11.4 Å². The minimum absolute atomic E-state index is 0.0148. The first-order valence-electron chi connectivity index (χ1n) is 4.67. The number of nitro benzene ring substituents is 1. The average molecular weight is 210 g/mol. The van der Waals surface area contributed by atoms with Gasteiger partial charge in [-0.3, -0.25) is 10.1 Å². The molecule has 0 amide bonds. The number of hydrogen-bond acceptors (Lipinski definition) is 4. The van der Waals surface area contributed by atoms with Crippen molar-refractivity contribution < 1.29 is 9.66 Å². The van der Waals surface area contributed by atoms with E-state index in [0.29, 0.717) is 5.75 Å². The van der Waals surface area contributed by atoms with Crippen LogP contribution in [0.5, 0.6) is 5.75 Å². The monoisotopic (exact) mass is 210 g/mol. The molecule has 1 aromatic carbocycles. The number of ether oxygens (including phenoxy) is 1. The van der Waals surface area contributed by atoms with Crippen LogP contribution in [0.3, 0.4) is 0 Å². The van der Waals surface area contributed by atoms with E-state index in [9.17, 15) is 10.1 Å². The molecule has 0 fully saturated rings. The van der Waals surface area contributed by atoms with Crippen molar-refractivity contribution in [2.45, 2.75) is 13.3 Å². The molecule has 0 heterocycles. The van der Waals surface area contributed by atoms with Gasteiger partial charge in [-0.05, 0) is 18.1 Å². The van der Waals surface area contributed by atoms with E-state index in [1.165, 1.54) is 13.2 Å². The second-order valence-corrected chi connectivity index (χ2v) is 3.04. The van der Waals surface area contributed by atoms with E-state index in [2.05, 4.69) is 5.32 Å². The third kappa shape index (κ3) is 2.18. The molecule has 0 bridgehead atoms. The Hall–Kier alpha value is -1.78. The third-order valence-corrected chi connectivity index (χ3v) is 2.25. The van der Waals surface area contributed by atoms with Gasteiger partial charge in [0, 0.05) is 18.8 Å². The summed E-state index contributed by atoms with van der Waals surface area (Å²) in [6.45, 7) is 1.99. The summed E-state index contributed by atoms with van der Waals surface area (Å²) in [4.78, 5) is 10.3. The SMILES string of the molecule is CCc1cc(OC)c([N+](=O)[O-])cc1NC. The number of nitrogens with zero attached hydrogens (tertiary/aromatic N) is 1. The summed E-state index contributed by atoms with van der Waals surface area (Å²) in [5.41, 5.74) is 1.75. The fraction of sp³-hybridized carbons (Fsp3) is 0.400. The lowest BCUT2D eigenvalue weighted by Gasteiger charge is -2.09. The van der Waals surface area contributed by atoms with Crippen LogP contribution in [0, 0.1) is 10.1 Å². The molecule has 1 N–H and O–H groups in total. The Labute approximate surface area is 88.2 Å². The van der Waals surface area contributed by atoms with Crippen LogP contribution in [-0.4, -0.2) is 19.1 Å². The van der Waals surface area contributed by atoms with Gasteiger partial charge in [0.1, 0.15) is 0 Å². The number of methoxy groups -OCH3 is 1. The maximum absolute atomic E-state index is 10.7. The van der Waals surface area contributed by atoms with E-state index in [1.807, 2.05) is 6.92 Å². The molecule has 0 aliphatic rings. The van der Waals surface area contributed by atoms with Gasteiger partial charge in [-0.25, -0.2) is 0 Å². The van der Waals surface area contributed by atoms with Crippen molar-refractivity contribution in [1.82, 2.24) is 0 Å². The molecule has 5 nitrogen and oxygen atoms in total. The minimum Gasteiger partial charge on any atom is -0.490 e. The van der Waals surface area contributed by atoms with Gasteiger partial charge in [0.25, 0.3) is 0 Å². The van der Waals surface area contributed by atoms with Gasteiger partial charge in [-0.1, -0.05) is 6.92 Å². The molecule has 82 valence electrons. The van der Waals surface area contributed by atoms with Crippen molar-refractivity contribution in [2.75, 3.05) is 19.5 Å². The summed E-state index contributed by atoms with van der Waals surface area (Å²) >= 11 is 0. The zero-order valence-corrected chi connectivity index (χ0v) is 9.03. The highest BCUT2D eigenvalue weighted by molar-refractivity contribution is 5.63. The number of nitro groups is 1. The fourth-order valence-corrected chi connectivity index (χ4v) is 1.44. The van der Waals surface area contributed by atoms with Crippen LogP contribution < -0.4 is 10.1 Å². The van der Waals surface area contributed by atoms with Crippen molar-refractivity contribution >= 4 is 11.4 Å². The van der Waals surface area contributed by atoms with Gasteiger partial charge < -0.3 is 10.1 Å². The second-order valence-electron chi connectivity index (χ2n) is 3.04. The molecule has 1 aromatic rings. The molecule has 0 unspecified atom stereocenters. The highest BCUT2D eigenvalue weighted by Crippen LogP contribution is 2.33. The normalized spacial score (nSPS) is 9.80. The standard InChI is InChI=1S/C10H14N2O3/c1-4-7-5-10(15-3)9(12(13)14)6-8(7)11-2/h5-6,11H,4H2,1-3H3. The van der Waals surface area contributed by atoms with E-state index in [-0.39, 0.29) is 5.69 Å². The van der Waals surface area contributed by atoms with Gasteiger partial charge >= 0.3 is 5.69 Å². The van der Waals surface area contributed by atoms with Gasteiger partial charge in [-0.2, -0.15) is 0 Å². The summed E-state index contributed by atoms with van der Waals surface area (Å²) in [7, 11) is 3.17. The van der Waals surface area contributed by atoms with Crippen molar-refractivity contribution in [3.63, 3.8) is 0 Å². The van der Waals surface area contributed by atoms with E-state index < -0.39 is 4.92 Å². The van der Waals surface area contributed by atoms with E-state index in [4.69, 9.17) is 4.74 Å². The quantitative estimate of drug-likeness (QED) is 0.611. The molecule has 0 atom stereocenters. The van der Waals surface area contributed by atoms with E-state index in [0.717, 1.165) is 17.7 Å². The lowest BCUT2D eigenvalue weighted by molar-refractivity contribution is -0.385. The number of hydrogen-bond donors (Lipinski definition) is 1. The zero-order valence-electron chi connectivity index (χ0n) is 9.03. The predicted octanol–water partition coefficient (Wildman–Crippen LogP) is 2.21. The number of rotatable bonds is 4. The smallest absolute Gasteiger partial charge is 0.312 e. The molecule has 0 aliphatic heterocycles. The molecule has 0 saturated heterocycles. The lowest BCUT2D eigenvalue weighted by atomic mass is 10.1. The van der Waals surface area contributed by atoms with E-state index in [1.54, 1.807) is 13.1 Å². The minimum atomic E-state index is -0.445. The Morgan fingerprint density at radius 3 is 2.60 bits per heavy atom.